The average Bonchev–Trinajstić information content (AvgIpc) is 3.58. The summed E-state index contributed by atoms with van der Waals surface area (Å²) >= 11 is 1.78. The third kappa shape index (κ3) is 4.04. The molecular formula is C42H30N2S. The van der Waals surface area contributed by atoms with E-state index in [1.165, 1.54) is 59.6 Å². The molecule has 0 saturated carbocycles. The molecule has 214 valence electrons. The molecule has 1 aliphatic rings. The number of anilines is 3. The fraction of sp³-hybridized carbons (Fsp3) is 0.0714. The van der Waals surface area contributed by atoms with E-state index in [1.807, 2.05) is 6.20 Å². The van der Waals surface area contributed by atoms with Gasteiger partial charge in [0.2, 0.25) is 0 Å². The lowest BCUT2D eigenvalue weighted by Crippen LogP contribution is -2.16. The third-order valence-corrected chi connectivity index (χ3v) is 10.7. The maximum Gasteiger partial charge on any atom is 0.124 e. The number of nitrogens with zero attached hydrogens (tertiary/aromatic N) is 2. The van der Waals surface area contributed by atoms with Crippen LogP contribution in [-0.2, 0) is 5.41 Å². The second-order valence-corrected chi connectivity index (χ2v) is 13.5. The molecule has 0 spiro atoms. The van der Waals surface area contributed by atoms with Gasteiger partial charge in [-0.2, -0.15) is 0 Å². The number of fused-ring (bicyclic) bond motifs is 8. The SMILES string of the molecule is CC1(C)c2ccccc2-c2ccc(N(c3ccc(-c4ccccc4)cc3)c3cnc4sc5c6ccccc6ccc5c4c3)cc21. The molecule has 0 fully saturated rings. The van der Waals surface area contributed by atoms with Gasteiger partial charge in [-0.3, -0.25) is 0 Å². The average molecular weight is 595 g/mol. The Labute approximate surface area is 266 Å². The highest BCUT2D eigenvalue weighted by Gasteiger charge is 2.35. The van der Waals surface area contributed by atoms with Gasteiger partial charge in [0.05, 0.1) is 11.9 Å². The molecule has 2 heterocycles. The van der Waals surface area contributed by atoms with Gasteiger partial charge < -0.3 is 4.90 Å². The first-order chi connectivity index (χ1) is 22.1. The van der Waals surface area contributed by atoms with Crippen LogP contribution >= 0.6 is 11.3 Å². The van der Waals surface area contributed by atoms with Gasteiger partial charge >= 0.3 is 0 Å². The Morgan fingerprint density at radius 2 is 1.24 bits per heavy atom. The van der Waals surface area contributed by atoms with Crippen molar-refractivity contribution in [3.05, 3.63) is 157 Å². The Bertz CT molecular complexity index is 2400. The van der Waals surface area contributed by atoms with Crippen LogP contribution in [0.25, 0.3) is 53.3 Å². The van der Waals surface area contributed by atoms with E-state index < -0.39 is 0 Å². The van der Waals surface area contributed by atoms with Gasteiger partial charge in [0, 0.05) is 32.3 Å². The lowest BCUT2D eigenvalue weighted by molar-refractivity contribution is 0.660. The standard InChI is InChI=1S/C42H30N2S/c1-42(2)38-15-9-8-14-34(38)35-23-21-31(25-39(35)42)44(30-19-16-28(17-20-30)27-10-4-3-5-11-27)32-24-37-36-22-18-29-12-6-7-13-33(29)40(36)45-41(37)43-26-32/h3-26H,1-2H3. The Morgan fingerprint density at radius 1 is 0.533 bits per heavy atom. The summed E-state index contributed by atoms with van der Waals surface area (Å²) in [6, 6.07) is 50.8. The summed E-state index contributed by atoms with van der Waals surface area (Å²) in [7, 11) is 0. The van der Waals surface area contributed by atoms with Gasteiger partial charge in [-0.15, -0.1) is 11.3 Å². The highest BCUT2D eigenvalue weighted by atomic mass is 32.1. The maximum atomic E-state index is 5.07. The van der Waals surface area contributed by atoms with Crippen molar-refractivity contribution in [2.45, 2.75) is 19.3 Å². The van der Waals surface area contributed by atoms with Crippen LogP contribution in [-0.4, -0.2) is 4.98 Å². The summed E-state index contributed by atoms with van der Waals surface area (Å²) in [4.78, 5) is 8.50. The van der Waals surface area contributed by atoms with Crippen molar-refractivity contribution >= 4 is 59.5 Å². The first kappa shape index (κ1) is 26.2. The number of pyridine rings is 1. The van der Waals surface area contributed by atoms with Crippen molar-refractivity contribution in [1.29, 1.82) is 0 Å². The second kappa shape index (κ2) is 9.88. The quantitative estimate of drug-likeness (QED) is 0.201. The summed E-state index contributed by atoms with van der Waals surface area (Å²) in [5.41, 5.74) is 11.0. The summed E-state index contributed by atoms with van der Waals surface area (Å²) in [6.07, 6.45) is 2.04. The van der Waals surface area contributed by atoms with Gasteiger partial charge in [-0.1, -0.05) is 123 Å². The number of thiophene rings is 1. The topological polar surface area (TPSA) is 16.1 Å². The van der Waals surface area contributed by atoms with Crippen LogP contribution in [0.1, 0.15) is 25.0 Å². The van der Waals surface area contributed by atoms with Gasteiger partial charge in [0.25, 0.3) is 0 Å². The molecule has 0 aliphatic heterocycles. The number of hydrogen-bond acceptors (Lipinski definition) is 3. The van der Waals surface area contributed by atoms with E-state index in [9.17, 15) is 0 Å². The molecule has 6 aromatic carbocycles. The first-order valence-corrected chi connectivity index (χ1v) is 16.3. The molecule has 8 aromatic rings. The maximum absolute atomic E-state index is 5.07. The first-order valence-electron chi connectivity index (χ1n) is 15.5. The van der Waals surface area contributed by atoms with Crippen LogP contribution in [0.3, 0.4) is 0 Å². The molecule has 0 atom stereocenters. The van der Waals surface area contributed by atoms with Crippen molar-refractivity contribution in [3.63, 3.8) is 0 Å². The van der Waals surface area contributed by atoms with Crippen molar-refractivity contribution in [1.82, 2.24) is 4.98 Å². The molecule has 0 amide bonds. The normalized spacial score (nSPS) is 13.3. The molecule has 0 unspecified atom stereocenters. The van der Waals surface area contributed by atoms with Crippen molar-refractivity contribution in [2.75, 3.05) is 4.90 Å². The fourth-order valence-corrected chi connectivity index (χ4v) is 8.37. The minimum Gasteiger partial charge on any atom is -0.309 e. The van der Waals surface area contributed by atoms with Crippen molar-refractivity contribution in [3.8, 4) is 22.3 Å². The van der Waals surface area contributed by atoms with Crippen LogP contribution in [0.2, 0.25) is 0 Å². The van der Waals surface area contributed by atoms with Gasteiger partial charge in [0.15, 0.2) is 0 Å². The molecule has 9 rings (SSSR count). The molecule has 2 aromatic heterocycles. The number of aromatic nitrogens is 1. The Kier molecular flexibility index (Phi) is 5.75. The summed E-state index contributed by atoms with van der Waals surface area (Å²) in [5, 5.41) is 5.00. The zero-order chi connectivity index (χ0) is 30.1. The number of rotatable bonds is 4. The molecule has 0 bridgehead atoms. The summed E-state index contributed by atoms with van der Waals surface area (Å²) in [5.74, 6) is 0. The highest BCUT2D eigenvalue weighted by molar-refractivity contribution is 7.26. The highest BCUT2D eigenvalue weighted by Crippen LogP contribution is 2.51. The van der Waals surface area contributed by atoms with Crippen LogP contribution in [0.15, 0.2) is 146 Å². The summed E-state index contributed by atoms with van der Waals surface area (Å²) in [6.45, 7) is 4.69. The molecule has 0 N–H and O–H groups in total. The van der Waals surface area contributed by atoms with E-state index in [-0.39, 0.29) is 5.41 Å². The number of benzene rings is 6. The zero-order valence-corrected chi connectivity index (χ0v) is 26.0. The molecule has 0 radical (unpaired) electrons. The summed E-state index contributed by atoms with van der Waals surface area (Å²) < 4.78 is 1.29. The Hall–Kier alpha value is -5.25. The van der Waals surface area contributed by atoms with E-state index in [0.717, 1.165) is 21.9 Å². The predicted octanol–water partition coefficient (Wildman–Crippen LogP) is 12.0. The molecule has 1 aliphatic carbocycles. The van der Waals surface area contributed by atoms with E-state index in [0.29, 0.717) is 0 Å². The van der Waals surface area contributed by atoms with E-state index in [4.69, 9.17) is 4.98 Å². The Morgan fingerprint density at radius 3 is 2.11 bits per heavy atom. The van der Waals surface area contributed by atoms with E-state index >= 15 is 0 Å². The van der Waals surface area contributed by atoms with Crippen molar-refractivity contribution in [2.24, 2.45) is 0 Å². The minimum absolute atomic E-state index is 0.0857. The largest absolute Gasteiger partial charge is 0.309 e. The third-order valence-electron chi connectivity index (χ3n) is 9.52. The smallest absolute Gasteiger partial charge is 0.124 e. The van der Waals surface area contributed by atoms with Crippen LogP contribution < -0.4 is 4.90 Å². The predicted molar refractivity (Wildman–Crippen MR) is 192 cm³/mol. The molecule has 0 saturated heterocycles. The van der Waals surface area contributed by atoms with Crippen LogP contribution in [0, 0.1) is 0 Å². The van der Waals surface area contributed by atoms with Gasteiger partial charge in [-0.05, 0) is 74.5 Å². The molecule has 2 nitrogen and oxygen atoms in total. The second-order valence-electron chi connectivity index (χ2n) is 12.5. The lowest BCUT2D eigenvalue weighted by Gasteiger charge is -2.28. The zero-order valence-electron chi connectivity index (χ0n) is 25.2. The molecule has 45 heavy (non-hydrogen) atoms. The Balaban J connectivity index is 1.24. The number of hydrogen-bond donors (Lipinski definition) is 0. The monoisotopic (exact) mass is 594 g/mol. The van der Waals surface area contributed by atoms with E-state index in [1.54, 1.807) is 11.3 Å². The van der Waals surface area contributed by atoms with Crippen molar-refractivity contribution < 1.29 is 0 Å². The van der Waals surface area contributed by atoms with Gasteiger partial charge in [-0.25, -0.2) is 4.98 Å². The van der Waals surface area contributed by atoms with Crippen LogP contribution in [0.4, 0.5) is 17.1 Å². The van der Waals surface area contributed by atoms with Gasteiger partial charge in [0.1, 0.15) is 4.83 Å². The minimum atomic E-state index is -0.0857. The van der Waals surface area contributed by atoms with Crippen LogP contribution in [0.5, 0.6) is 0 Å². The lowest BCUT2D eigenvalue weighted by atomic mass is 9.82. The molecular weight excluding hydrogens is 565 g/mol. The fourth-order valence-electron chi connectivity index (χ4n) is 7.21. The molecule has 3 heteroatoms. The van der Waals surface area contributed by atoms with E-state index in [2.05, 4.69) is 158 Å².